The van der Waals surface area contributed by atoms with Crippen molar-refractivity contribution in [1.29, 1.82) is 0 Å². The summed E-state index contributed by atoms with van der Waals surface area (Å²) >= 11 is 8.64. The maximum atomic E-state index is 12.1. The van der Waals surface area contributed by atoms with Gasteiger partial charge in [-0.1, -0.05) is 34.7 Å². The Balaban J connectivity index is 1.20. The van der Waals surface area contributed by atoms with Crippen molar-refractivity contribution >= 4 is 45.7 Å². The highest BCUT2D eigenvalue weighted by atomic mass is 35.5. The van der Waals surface area contributed by atoms with Crippen molar-refractivity contribution in [2.75, 3.05) is 11.1 Å². The van der Waals surface area contributed by atoms with Crippen LogP contribution in [0.1, 0.15) is 11.5 Å². The molecule has 1 aromatic carbocycles. The molecule has 0 aliphatic heterocycles. The first-order chi connectivity index (χ1) is 14.7. The van der Waals surface area contributed by atoms with Crippen LogP contribution in [-0.2, 0) is 17.9 Å². The standard InChI is InChI=1S/C20H17ClN4O3S2/c21-14-5-3-13(4-6-14)17-8-7-16(28-17)11-22-18(26)12-29-20-25-24-19(30-20)23-10-15-2-1-9-27-15/h1-9H,10-12H2,(H,22,26)(H,23,24). The van der Waals surface area contributed by atoms with Crippen LogP contribution in [0.2, 0.25) is 5.02 Å². The summed E-state index contributed by atoms with van der Waals surface area (Å²) in [5, 5.41) is 15.5. The number of halogens is 1. The summed E-state index contributed by atoms with van der Waals surface area (Å²) in [6, 6.07) is 14.8. The molecule has 3 heterocycles. The van der Waals surface area contributed by atoms with E-state index in [-0.39, 0.29) is 11.7 Å². The van der Waals surface area contributed by atoms with Gasteiger partial charge in [-0.3, -0.25) is 4.79 Å². The molecule has 7 nitrogen and oxygen atoms in total. The number of carbonyl (C=O) groups excluding carboxylic acids is 1. The fraction of sp³-hybridized carbons (Fsp3) is 0.150. The molecule has 0 spiro atoms. The molecule has 3 aromatic heterocycles. The molecule has 4 aromatic rings. The molecule has 0 atom stereocenters. The first kappa shape index (κ1) is 20.5. The Morgan fingerprint density at radius 3 is 2.73 bits per heavy atom. The number of thioether (sulfide) groups is 1. The van der Waals surface area contributed by atoms with Gasteiger partial charge in [0, 0.05) is 10.6 Å². The molecule has 4 rings (SSSR count). The maximum Gasteiger partial charge on any atom is 0.230 e. The monoisotopic (exact) mass is 460 g/mol. The Labute approximate surface area is 185 Å². The third-order valence-corrected chi connectivity index (χ3v) is 6.24. The van der Waals surface area contributed by atoms with Crippen molar-refractivity contribution in [2.45, 2.75) is 17.4 Å². The minimum Gasteiger partial charge on any atom is -0.467 e. The zero-order chi connectivity index (χ0) is 20.8. The molecule has 154 valence electrons. The number of amides is 1. The lowest BCUT2D eigenvalue weighted by Gasteiger charge is -2.02. The fourth-order valence-electron chi connectivity index (χ4n) is 2.52. The van der Waals surface area contributed by atoms with Crippen molar-refractivity contribution < 1.29 is 13.6 Å². The zero-order valence-corrected chi connectivity index (χ0v) is 18.0. The van der Waals surface area contributed by atoms with Gasteiger partial charge >= 0.3 is 0 Å². The van der Waals surface area contributed by atoms with E-state index in [4.69, 9.17) is 20.4 Å². The number of aromatic nitrogens is 2. The van der Waals surface area contributed by atoms with E-state index in [0.717, 1.165) is 21.4 Å². The number of benzene rings is 1. The Kier molecular flexibility index (Phi) is 6.73. The van der Waals surface area contributed by atoms with Gasteiger partial charge in [-0.05, 0) is 48.5 Å². The van der Waals surface area contributed by atoms with Gasteiger partial charge in [0.25, 0.3) is 0 Å². The molecular formula is C20H17ClN4O3S2. The summed E-state index contributed by atoms with van der Waals surface area (Å²) in [4.78, 5) is 12.1. The summed E-state index contributed by atoms with van der Waals surface area (Å²) in [5.74, 6) is 2.37. The Morgan fingerprint density at radius 2 is 1.93 bits per heavy atom. The van der Waals surface area contributed by atoms with Crippen molar-refractivity contribution in [2.24, 2.45) is 0 Å². The number of carbonyl (C=O) groups is 1. The smallest absolute Gasteiger partial charge is 0.230 e. The highest BCUT2D eigenvalue weighted by molar-refractivity contribution is 8.01. The number of rotatable bonds is 9. The minimum atomic E-state index is -0.107. The van der Waals surface area contributed by atoms with Crippen LogP contribution in [0.4, 0.5) is 5.13 Å². The van der Waals surface area contributed by atoms with Gasteiger partial charge in [0.1, 0.15) is 17.3 Å². The summed E-state index contributed by atoms with van der Waals surface area (Å²) < 4.78 is 11.8. The highest BCUT2D eigenvalue weighted by Gasteiger charge is 2.10. The van der Waals surface area contributed by atoms with E-state index in [1.54, 1.807) is 6.26 Å². The molecule has 0 saturated carbocycles. The number of nitrogens with zero attached hydrogens (tertiary/aromatic N) is 2. The lowest BCUT2D eigenvalue weighted by molar-refractivity contribution is -0.118. The van der Waals surface area contributed by atoms with Gasteiger partial charge in [0.2, 0.25) is 11.0 Å². The summed E-state index contributed by atoms with van der Waals surface area (Å²) in [7, 11) is 0. The molecule has 2 N–H and O–H groups in total. The predicted octanol–water partition coefficient (Wildman–Crippen LogP) is 5.07. The van der Waals surface area contributed by atoms with Crippen molar-refractivity contribution in [3.63, 3.8) is 0 Å². The lowest BCUT2D eigenvalue weighted by atomic mass is 10.2. The minimum absolute atomic E-state index is 0.107. The van der Waals surface area contributed by atoms with E-state index in [1.165, 1.54) is 23.1 Å². The van der Waals surface area contributed by atoms with Gasteiger partial charge in [-0.2, -0.15) is 0 Å². The average molecular weight is 461 g/mol. The Bertz CT molecular complexity index is 1090. The zero-order valence-electron chi connectivity index (χ0n) is 15.6. The maximum absolute atomic E-state index is 12.1. The van der Waals surface area contributed by atoms with E-state index in [9.17, 15) is 4.79 Å². The second-order valence-corrected chi connectivity index (χ2v) is 8.78. The average Bonchev–Trinajstić information content (AvgIpc) is 3.52. The molecule has 0 aliphatic rings. The molecule has 0 aliphatic carbocycles. The van der Waals surface area contributed by atoms with E-state index in [1.807, 2.05) is 48.5 Å². The second kappa shape index (κ2) is 9.84. The van der Waals surface area contributed by atoms with Crippen molar-refractivity contribution in [3.8, 4) is 11.3 Å². The van der Waals surface area contributed by atoms with Crippen LogP contribution in [-0.4, -0.2) is 21.9 Å². The third-order valence-electron chi connectivity index (χ3n) is 3.98. The van der Waals surface area contributed by atoms with Crippen LogP contribution in [0.15, 0.2) is 68.0 Å². The van der Waals surface area contributed by atoms with E-state index in [2.05, 4.69) is 20.8 Å². The van der Waals surface area contributed by atoms with Gasteiger partial charge in [0.15, 0.2) is 4.34 Å². The number of nitrogens with one attached hydrogen (secondary N) is 2. The second-order valence-electron chi connectivity index (χ2n) is 6.14. The first-order valence-electron chi connectivity index (χ1n) is 8.99. The SMILES string of the molecule is O=C(CSc1nnc(NCc2ccco2)s1)NCc1ccc(-c2ccc(Cl)cc2)o1. The Morgan fingerprint density at radius 1 is 1.07 bits per heavy atom. The van der Waals surface area contributed by atoms with Crippen LogP contribution in [0.25, 0.3) is 11.3 Å². The van der Waals surface area contributed by atoms with Crippen LogP contribution < -0.4 is 10.6 Å². The number of furan rings is 2. The van der Waals surface area contributed by atoms with Crippen LogP contribution in [0, 0.1) is 0 Å². The van der Waals surface area contributed by atoms with Crippen LogP contribution >= 0.6 is 34.7 Å². The largest absolute Gasteiger partial charge is 0.467 e. The Hall–Kier alpha value is -2.75. The molecule has 30 heavy (non-hydrogen) atoms. The topological polar surface area (TPSA) is 93.2 Å². The number of hydrogen-bond donors (Lipinski definition) is 2. The van der Waals surface area contributed by atoms with Crippen molar-refractivity contribution in [1.82, 2.24) is 15.5 Å². The van der Waals surface area contributed by atoms with E-state index < -0.39 is 0 Å². The summed E-state index contributed by atoms with van der Waals surface area (Å²) in [5.41, 5.74) is 0.931. The molecule has 1 amide bonds. The number of hydrogen-bond acceptors (Lipinski definition) is 8. The molecule has 0 saturated heterocycles. The number of anilines is 1. The van der Waals surface area contributed by atoms with Gasteiger partial charge in [-0.25, -0.2) is 0 Å². The first-order valence-corrected chi connectivity index (χ1v) is 11.2. The van der Waals surface area contributed by atoms with Gasteiger partial charge < -0.3 is 19.5 Å². The highest BCUT2D eigenvalue weighted by Crippen LogP contribution is 2.26. The predicted molar refractivity (Wildman–Crippen MR) is 118 cm³/mol. The van der Waals surface area contributed by atoms with Crippen molar-refractivity contribution in [3.05, 3.63) is 71.3 Å². The summed E-state index contributed by atoms with van der Waals surface area (Å²) in [6.45, 7) is 0.854. The molecular weight excluding hydrogens is 444 g/mol. The molecule has 0 unspecified atom stereocenters. The van der Waals surface area contributed by atoms with Gasteiger partial charge in [0.05, 0.1) is 25.1 Å². The molecule has 0 radical (unpaired) electrons. The quantitative estimate of drug-likeness (QED) is 0.337. The van der Waals surface area contributed by atoms with Crippen LogP contribution in [0.3, 0.4) is 0 Å². The van der Waals surface area contributed by atoms with Gasteiger partial charge in [-0.15, -0.1) is 10.2 Å². The molecule has 0 fully saturated rings. The van der Waals surface area contributed by atoms with E-state index >= 15 is 0 Å². The molecule has 10 heteroatoms. The lowest BCUT2D eigenvalue weighted by Crippen LogP contribution is -2.24. The summed E-state index contributed by atoms with van der Waals surface area (Å²) in [6.07, 6.45) is 1.62. The third kappa shape index (κ3) is 5.65. The van der Waals surface area contributed by atoms with E-state index in [0.29, 0.717) is 29.0 Å². The van der Waals surface area contributed by atoms with Crippen LogP contribution in [0.5, 0.6) is 0 Å². The normalized spacial score (nSPS) is 10.8. The molecule has 0 bridgehead atoms. The fourth-order valence-corrected chi connectivity index (χ4v) is 4.23.